The van der Waals surface area contributed by atoms with Gasteiger partial charge in [0.25, 0.3) is 0 Å². The summed E-state index contributed by atoms with van der Waals surface area (Å²) >= 11 is 0. The summed E-state index contributed by atoms with van der Waals surface area (Å²) in [5.74, 6) is -8.23. The number of rotatable bonds is 13. The SMILES string of the molecule is C[C@@H]1O[C@@H](O[C@H]2[C@H](OC(=O)[C@]34CCC(C)(C)C[C@H]3C3=CCC5[C@@]6(C)C[C@H](O)[C@H](O[C@@H]7O[C@H](C(=O)O)[C@@H](O)[C@H](OC(=O)CC(=O)O)[C@H]7O)[C@@](C)(C(=O)O)C6CC[C@@]5(C)[C@]3(C)CC4)OC[C@H](O)[C@@H]2O)[C@H](O)[C@H](O)[C@H]1O[C@@H]1OC[C@@H](O)[C@H](O)[C@H]1O. The Bertz CT molecular complexity index is 2460. The van der Waals surface area contributed by atoms with E-state index in [0.29, 0.717) is 44.9 Å². The van der Waals surface area contributed by atoms with Gasteiger partial charge in [-0.1, -0.05) is 46.3 Å². The summed E-state index contributed by atoms with van der Waals surface area (Å²) in [6.07, 6.45) is -30.3. The molecule has 5 aliphatic carbocycles. The molecule has 27 nitrogen and oxygen atoms in total. The fraction of sp³-hybridized carbons (Fsp3) is 0.873. The number of aliphatic carboxylic acids is 3. The molecule has 28 atom stereocenters. The van der Waals surface area contributed by atoms with Crippen LogP contribution in [0.3, 0.4) is 0 Å². The number of carboxylic acid groups (broad SMARTS) is 3. The molecule has 27 heteroatoms. The number of hydrogen-bond donors (Lipinski definition) is 13. The Morgan fingerprint density at radius 3 is 1.85 bits per heavy atom. The van der Waals surface area contributed by atoms with Crippen LogP contribution in [0.4, 0.5) is 0 Å². The highest BCUT2D eigenvalue weighted by molar-refractivity contribution is 5.90. The summed E-state index contributed by atoms with van der Waals surface area (Å²) in [7, 11) is 0. The number of aliphatic hydroxyl groups excluding tert-OH is 10. The summed E-state index contributed by atoms with van der Waals surface area (Å²) in [6.45, 7) is 12.5. The first-order valence-corrected chi connectivity index (χ1v) is 28.3. The second-order valence-electron chi connectivity index (χ2n) is 26.4. The molecule has 0 aromatic carbocycles. The number of esters is 2. The molecule has 4 saturated carbocycles. The average molecular weight is 1180 g/mol. The van der Waals surface area contributed by atoms with Crippen LogP contribution in [0.25, 0.3) is 0 Å². The number of hydrogen-bond acceptors (Lipinski definition) is 24. The monoisotopic (exact) mass is 1170 g/mol. The van der Waals surface area contributed by atoms with Crippen molar-refractivity contribution in [1.29, 1.82) is 0 Å². The van der Waals surface area contributed by atoms with Crippen molar-refractivity contribution in [3.63, 3.8) is 0 Å². The highest BCUT2D eigenvalue weighted by atomic mass is 16.8. The third-order valence-corrected chi connectivity index (χ3v) is 21.2. The summed E-state index contributed by atoms with van der Waals surface area (Å²) in [5.41, 5.74) is -4.45. The van der Waals surface area contributed by atoms with Crippen LogP contribution in [0.2, 0.25) is 0 Å². The number of ether oxygens (including phenoxy) is 9. The maximum atomic E-state index is 15.3. The number of carbonyl (C=O) groups excluding carboxylic acids is 2. The normalized spacial score (nSPS) is 50.9. The first-order valence-electron chi connectivity index (χ1n) is 28.3. The van der Waals surface area contributed by atoms with Crippen molar-refractivity contribution in [2.75, 3.05) is 13.2 Å². The molecule has 0 aromatic heterocycles. The predicted molar refractivity (Wildman–Crippen MR) is 269 cm³/mol. The van der Waals surface area contributed by atoms with Crippen LogP contribution in [-0.4, -0.2) is 232 Å². The molecule has 464 valence electrons. The molecular weight excluding hydrogens is 1090 g/mol. The maximum Gasteiger partial charge on any atom is 0.335 e. The lowest BCUT2D eigenvalue weighted by atomic mass is 9.33. The molecular formula is C55H82O27. The zero-order chi connectivity index (χ0) is 60.3. The Morgan fingerprint density at radius 2 is 1.21 bits per heavy atom. The Morgan fingerprint density at radius 1 is 0.598 bits per heavy atom. The lowest BCUT2D eigenvalue weighted by Crippen LogP contribution is -2.70. The van der Waals surface area contributed by atoms with Crippen LogP contribution >= 0.6 is 0 Å². The van der Waals surface area contributed by atoms with Gasteiger partial charge in [0.2, 0.25) is 6.29 Å². The number of allylic oxidation sites excluding steroid dienone is 2. The minimum Gasteiger partial charge on any atom is -0.481 e. The molecule has 0 aromatic rings. The summed E-state index contributed by atoms with van der Waals surface area (Å²) in [4.78, 5) is 65.1. The van der Waals surface area contributed by atoms with Gasteiger partial charge < -0.3 is 109 Å². The fourth-order valence-corrected chi connectivity index (χ4v) is 16.4. The Kier molecular flexibility index (Phi) is 17.3. The van der Waals surface area contributed by atoms with E-state index in [1.165, 1.54) is 13.8 Å². The number of carbonyl (C=O) groups is 5. The molecule has 0 amide bonds. The zero-order valence-electron chi connectivity index (χ0n) is 46.9. The quantitative estimate of drug-likeness (QED) is 0.0428. The highest BCUT2D eigenvalue weighted by Crippen LogP contribution is 2.76. The molecule has 13 N–H and O–H groups in total. The van der Waals surface area contributed by atoms with E-state index in [-0.39, 0.29) is 24.2 Å². The third-order valence-electron chi connectivity index (χ3n) is 21.2. The molecule has 0 spiro atoms. The van der Waals surface area contributed by atoms with E-state index in [9.17, 15) is 80.5 Å². The molecule has 8 fully saturated rings. The largest absolute Gasteiger partial charge is 0.481 e. The molecule has 0 bridgehead atoms. The van der Waals surface area contributed by atoms with Crippen molar-refractivity contribution in [3.05, 3.63) is 11.6 Å². The minimum absolute atomic E-state index is 0.0288. The van der Waals surface area contributed by atoms with E-state index in [4.69, 9.17) is 47.7 Å². The van der Waals surface area contributed by atoms with E-state index < -0.39 is 211 Å². The molecule has 4 aliphatic heterocycles. The van der Waals surface area contributed by atoms with Crippen molar-refractivity contribution in [2.45, 2.75) is 235 Å². The lowest BCUT2D eigenvalue weighted by molar-refractivity contribution is -0.368. The van der Waals surface area contributed by atoms with Gasteiger partial charge in [0.05, 0.1) is 36.3 Å². The topological polar surface area (TPSA) is 431 Å². The molecule has 82 heavy (non-hydrogen) atoms. The molecule has 2 unspecified atom stereocenters. The van der Waals surface area contributed by atoms with Gasteiger partial charge in [-0.05, 0) is 111 Å². The fourth-order valence-electron chi connectivity index (χ4n) is 16.4. The van der Waals surface area contributed by atoms with Crippen molar-refractivity contribution in [3.8, 4) is 0 Å². The maximum absolute atomic E-state index is 15.3. The van der Waals surface area contributed by atoms with Crippen LogP contribution in [0, 0.1) is 50.2 Å². The Balaban J connectivity index is 0.955. The predicted octanol–water partition coefficient (Wildman–Crippen LogP) is -1.58. The van der Waals surface area contributed by atoms with Gasteiger partial charge in [-0.3, -0.25) is 19.2 Å². The standard InChI is InChI=1S/C55H82O27/c1-21-38(78-44-34(65)31(62)25(57)19-74-44)33(64)35(66)45(76-21)80-41-32(63)26(58)20-75-47(41)82-49(73)55-14-12-50(2,3)17-23(55)22-8-9-27-51(4)18-24(56)42(54(7,48(71)72)28(51)10-11-53(27,6)52(22,5)13-15-55)81-46-37(68)39(77-30(61)16-29(59)60)36(67)40(79-46)43(69)70/h8,21,23-28,31-42,44-47,56-58,62-68H,9-20H2,1-7H3,(H,59,60)(H,69,70)(H,71,72)/t21-,23-,24-,25+,26-,27?,28?,31-,32-,33-,34+,35+,36-,37+,38-,39-,40-,41+,42-,44-,45-,46-,47-,51+,52+,53+,54-,55-/m0/s1. The molecule has 4 saturated heterocycles. The second kappa shape index (κ2) is 22.6. The minimum atomic E-state index is -2.21. The van der Waals surface area contributed by atoms with E-state index in [1.54, 1.807) is 0 Å². The lowest BCUT2D eigenvalue weighted by Gasteiger charge is -2.71. The molecule has 4 heterocycles. The first kappa shape index (κ1) is 62.9. The highest BCUT2D eigenvalue weighted by Gasteiger charge is 2.73. The number of fused-ring (bicyclic) bond motifs is 7. The van der Waals surface area contributed by atoms with Gasteiger partial charge in [0.15, 0.2) is 37.2 Å². The van der Waals surface area contributed by atoms with Crippen LogP contribution in [0.1, 0.15) is 113 Å². The van der Waals surface area contributed by atoms with Gasteiger partial charge >= 0.3 is 29.8 Å². The Labute approximate surface area is 472 Å². The van der Waals surface area contributed by atoms with E-state index in [0.717, 1.165) is 5.57 Å². The smallest absolute Gasteiger partial charge is 0.335 e. The van der Waals surface area contributed by atoms with E-state index in [1.807, 2.05) is 6.92 Å². The van der Waals surface area contributed by atoms with Gasteiger partial charge in [-0.25, -0.2) is 4.79 Å². The van der Waals surface area contributed by atoms with Crippen LogP contribution in [0.15, 0.2) is 11.6 Å². The first-order chi connectivity index (χ1) is 38.2. The summed E-state index contributed by atoms with van der Waals surface area (Å²) in [6, 6.07) is 0. The van der Waals surface area contributed by atoms with E-state index >= 15 is 4.79 Å². The average Bonchev–Trinajstić information content (AvgIpc) is 1.01. The van der Waals surface area contributed by atoms with Crippen LogP contribution in [0.5, 0.6) is 0 Å². The summed E-state index contributed by atoms with van der Waals surface area (Å²) in [5, 5.41) is 140. The number of carboxylic acids is 3. The molecule has 9 rings (SSSR count). The number of aliphatic hydroxyl groups is 10. The van der Waals surface area contributed by atoms with Crippen molar-refractivity contribution in [2.24, 2.45) is 50.2 Å². The summed E-state index contributed by atoms with van der Waals surface area (Å²) < 4.78 is 51.9. The Hall–Kier alpha value is -3.59. The van der Waals surface area contributed by atoms with Gasteiger partial charge in [0, 0.05) is 0 Å². The van der Waals surface area contributed by atoms with Crippen molar-refractivity contribution < 1.29 is 133 Å². The van der Waals surface area contributed by atoms with Crippen molar-refractivity contribution >= 4 is 29.8 Å². The molecule has 9 aliphatic rings. The van der Waals surface area contributed by atoms with Crippen molar-refractivity contribution in [1.82, 2.24) is 0 Å². The van der Waals surface area contributed by atoms with Crippen LogP contribution < -0.4 is 0 Å². The van der Waals surface area contributed by atoms with Gasteiger partial charge in [0.1, 0.15) is 73.6 Å². The van der Waals surface area contributed by atoms with E-state index in [2.05, 4.69) is 33.8 Å². The third kappa shape index (κ3) is 10.4. The zero-order valence-corrected chi connectivity index (χ0v) is 46.9. The molecule has 0 radical (unpaired) electrons. The van der Waals surface area contributed by atoms with Gasteiger partial charge in [-0.2, -0.15) is 0 Å². The van der Waals surface area contributed by atoms with Crippen LogP contribution in [-0.2, 0) is 66.6 Å². The second-order valence-corrected chi connectivity index (χ2v) is 26.4. The van der Waals surface area contributed by atoms with Gasteiger partial charge in [-0.15, -0.1) is 0 Å².